The molecule has 0 aliphatic heterocycles. The van der Waals surface area contributed by atoms with Gasteiger partial charge in [-0.2, -0.15) is 13.2 Å². The lowest BCUT2D eigenvalue weighted by molar-refractivity contribution is -0.137. The van der Waals surface area contributed by atoms with Crippen LogP contribution in [0.4, 0.5) is 13.2 Å². The van der Waals surface area contributed by atoms with Crippen molar-refractivity contribution in [3.05, 3.63) is 47.5 Å². The van der Waals surface area contributed by atoms with E-state index < -0.39 is 11.7 Å². The van der Waals surface area contributed by atoms with Crippen LogP contribution in [-0.4, -0.2) is 0 Å². The highest BCUT2D eigenvalue weighted by Gasteiger charge is 2.29. The Morgan fingerprint density at radius 1 is 1.00 bits per heavy atom. The second-order valence-electron chi connectivity index (χ2n) is 5.17. The molecule has 0 nitrogen and oxygen atoms in total. The lowest BCUT2D eigenvalue weighted by Gasteiger charge is -2.11. The Morgan fingerprint density at radius 2 is 1.53 bits per heavy atom. The van der Waals surface area contributed by atoms with Gasteiger partial charge in [-0.15, -0.1) is 0 Å². The average molecular weight is 242 g/mol. The van der Waals surface area contributed by atoms with Gasteiger partial charge in [0.25, 0.3) is 0 Å². The Hall–Kier alpha value is -1.25. The van der Waals surface area contributed by atoms with E-state index >= 15 is 0 Å². The first-order valence-corrected chi connectivity index (χ1v) is 5.52. The molecule has 0 aromatic heterocycles. The molecule has 17 heavy (non-hydrogen) atoms. The molecule has 0 atom stereocenters. The molecular formula is C14H17F3. The predicted octanol–water partition coefficient (Wildman–Crippen LogP) is 4.85. The zero-order valence-corrected chi connectivity index (χ0v) is 10.3. The largest absolute Gasteiger partial charge is 0.416 e. The molecule has 0 radical (unpaired) electrons. The summed E-state index contributed by atoms with van der Waals surface area (Å²) in [4.78, 5) is 0. The molecule has 0 aliphatic carbocycles. The van der Waals surface area contributed by atoms with Crippen LogP contribution in [0, 0.1) is 5.41 Å². The van der Waals surface area contributed by atoms with Crippen LogP contribution in [0.25, 0.3) is 0 Å². The number of halogens is 3. The van der Waals surface area contributed by atoms with Crippen LogP contribution < -0.4 is 0 Å². The van der Waals surface area contributed by atoms with Crippen molar-refractivity contribution < 1.29 is 13.2 Å². The minimum atomic E-state index is -4.25. The van der Waals surface area contributed by atoms with Crippen molar-refractivity contribution in [3.8, 4) is 0 Å². The highest BCUT2D eigenvalue weighted by Crippen LogP contribution is 2.29. The van der Waals surface area contributed by atoms with Crippen molar-refractivity contribution in [1.82, 2.24) is 0 Å². The number of hydrogen-bond acceptors (Lipinski definition) is 0. The van der Waals surface area contributed by atoms with Gasteiger partial charge in [0.15, 0.2) is 0 Å². The molecule has 0 unspecified atom stereocenters. The average Bonchev–Trinajstić information content (AvgIpc) is 2.15. The van der Waals surface area contributed by atoms with Crippen molar-refractivity contribution in [1.29, 1.82) is 0 Å². The molecule has 0 fully saturated rings. The normalized spacial score (nSPS) is 13.3. The van der Waals surface area contributed by atoms with Crippen molar-refractivity contribution in [2.24, 2.45) is 5.41 Å². The number of rotatable bonds is 2. The SMILES string of the molecule is CC(C)(C)/C=C/Cc1ccc(C(F)(F)F)cc1. The topological polar surface area (TPSA) is 0 Å². The van der Waals surface area contributed by atoms with Crippen LogP contribution in [0.1, 0.15) is 31.9 Å². The summed E-state index contributed by atoms with van der Waals surface area (Å²) in [7, 11) is 0. The zero-order chi connectivity index (χ0) is 13.1. The number of allylic oxidation sites excluding steroid dienone is 2. The number of hydrogen-bond donors (Lipinski definition) is 0. The second kappa shape index (κ2) is 4.94. The van der Waals surface area contributed by atoms with Gasteiger partial charge < -0.3 is 0 Å². The summed E-state index contributed by atoms with van der Waals surface area (Å²) in [5.41, 5.74) is 0.394. The van der Waals surface area contributed by atoms with E-state index in [4.69, 9.17) is 0 Å². The summed E-state index contributed by atoms with van der Waals surface area (Å²) in [6, 6.07) is 5.30. The monoisotopic (exact) mass is 242 g/mol. The van der Waals surface area contributed by atoms with Gasteiger partial charge in [0, 0.05) is 0 Å². The molecule has 0 spiro atoms. The first-order valence-electron chi connectivity index (χ1n) is 5.52. The number of benzene rings is 1. The standard InChI is InChI=1S/C14H17F3/c1-13(2,3)10-4-5-11-6-8-12(9-7-11)14(15,16)17/h4,6-10H,5H2,1-3H3/b10-4+. The van der Waals surface area contributed by atoms with E-state index in [-0.39, 0.29) is 5.41 Å². The summed E-state index contributed by atoms with van der Waals surface area (Å²) in [6.45, 7) is 6.24. The summed E-state index contributed by atoms with van der Waals surface area (Å²) < 4.78 is 36.9. The van der Waals surface area contributed by atoms with Gasteiger partial charge in [0.2, 0.25) is 0 Å². The van der Waals surface area contributed by atoms with E-state index in [1.54, 1.807) is 0 Å². The third-order valence-corrected chi connectivity index (χ3v) is 2.25. The fraction of sp³-hybridized carbons (Fsp3) is 0.429. The van der Waals surface area contributed by atoms with Gasteiger partial charge in [-0.05, 0) is 29.5 Å². The van der Waals surface area contributed by atoms with Gasteiger partial charge in [-0.1, -0.05) is 45.1 Å². The molecule has 1 aromatic carbocycles. The van der Waals surface area contributed by atoms with E-state index in [1.165, 1.54) is 12.1 Å². The Labute approximate surface area is 100 Å². The van der Waals surface area contributed by atoms with E-state index in [0.29, 0.717) is 6.42 Å². The molecule has 3 heteroatoms. The lowest BCUT2D eigenvalue weighted by atomic mass is 9.95. The minimum Gasteiger partial charge on any atom is -0.166 e. The van der Waals surface area contributed by atoms with Gasteiger partial charge >= 0.3 is 6.18 Å². The van der Waals surface area contributed by atoms with E-state index in [9.17, 15) is 13.2 Å². The zero-order valence-electron chi connectivity index (χ0n) is 10.3. The molecule has 0 heterocycles. The Bertz CT molecular complexity index is 377. The third kappa shape index (κ3) is 5.07. The molecule has 94 valence electrons. The van der Waals surface area contributed by atoms with Crippen LogP contribution >= 0.6 is 0 Å². The molecule has 0 saturated heterocycles. The van der Waals surface area contributed by atoms with Crippen LogP contribution in [-0.2, 0) is 12.6 Å². The van der Waals surface area contributed by atoms with Crippen LogP contribution in [0.2, 0.25) is 0 Å². The Balaban J connectivity index is 2.67. The molecule has 1 aromatic rings. The highest BCUT2D eigenvalue weighted by molar-refractivity contribution is 5.26. The Morgan fingerprint density at radius 3 is 1.94 bits per heavy atom. The van der Waals surface area contributed by atoms with Gasteiger partial charge in [-0.25, -0.2) is 0 Å². The molecular weight excluding hydrogens is 225 g/mol. The smallest absolute Gasteiger partial charge is 0.166 e. The molecule has 0 aliphatic rings. The maximum absolute atomic E-state index is 12.3. The van der Waals surface area contributed by atoms with E-state index in [2.05, 4.69) is 26.8 Å². The molecule has 0 amide bonds. The molecule has 0 bridgehead atoms. The summed E-state index contributed by atoms with van der Waals surface area (Å²) >= 11 is 0. The van der Waals surface area contributed by atoms with Gasteiger partial charge in [0.1, 0.15) is 0 Å². The summed E-state index contributed by atoms with van der Waals surface area (Å²) in [6.07, 6.45) is 0.461. The second-order valence-corrected chi connectivity index (χ2v) is 5.17. The van der Waals surface area contributed by atoms with Crippen LogP contribution in [0.15, 0.2) is 36.4 Å². The predicted molar refractivity (Wildman–Crippen MR) is 63.7 cm³/mol. The molecule has 0 N–H and O–H groups in total. The number of alkyl halides is 3. The van der Waals surface area contributed by atoms with Crippen molar-refractivity contribution in [2.75, 3.05) is 0 Å². The maximum Gasteiger partial charge on any atom is 0.416 e. The summed E-state index contributed by atoms with van der Waals surface area (Å²) in [5, 5.41) is 0. The molecule has 0 saturated carbocycles. The van der Waals surface area contributed by atoms with Crippen molar-refractivity contribution >= 4 is 0 Å². The van der Waals surface area contributed by atoms with Crippen molar-refractivity contribution in [3.63, 3.8) is 0 Å². The van der Waals surface area contributed by atoms with Gasteiger partial charge in [0.05, 0.1) is 5.56 Å². The Kier molecular flexibility index (Phi) is 4.02. The fourth-order valence-corrected chi connectivity index (χ4v) is 1.38. The van der Waals surface area contributed by atoms with Crippen molar-refractivity contribution in [2.45, 2.75) is 33.4 Å². The maximum atomic E-state index is 12.3. The lowest BCUT2D eigenvalue weighted by Crippen LogP contribution is -2.04. The minimum absolute atomic E-state index is 0.103. The van der Waals surface area contributed by atoms with Gasteiger partial charge in [-0.3, -0.25) is 0 Å². The quantitative estimate of drug-likeness (QED) is 0.650. The highest BCUT2D eigenvalue weighted by atomic mass is 19.4. The first kappa shape index (κ1) is 13.8. The first-order chi connectivity index (χ1) is 7.68. The fourth-order valence-electron chi connectivity index (χ4n) is 1.38. The van der Waals surface area contributed by atoms with E-state index in [0.717, 1.165) is 17.7 Å². The third-order valence-electron chi connectivity index (χ3n) is 2.25. The van der Waals surface area contributed by atoms with Crippen LogP contribution in [0.5, 0.6) is 0 Å². The van der Waals surface area contributed by atoms with E-state index in [1.807, 2.05) is 6.08 Å². The molecule has 1 rings (SSSR count). The summed E-state index contributed by atoms with van der Waals surface area (Å²) in [5.74, 6) is 0. The van der Waals surface area contributed by atoms with Crippen LogP contribution in [0.3, 0.4) is 0 Å².